The second-order valence-corrected chi connectivity index (χ2v) is 6.39. The molecular formula is C15H18ClN3OS. The van der Waals surface area contributed by atoms with Gasteiger partial charge in [-0.3, -0.25) is 4.79 Å². The maximum atomic E-state index is 12.1. The van der Waals surface area contributed by atoms with E-state index in [9.17, 15) is 4.79 Å². The second kappa shape index (κ2) is 7.02. The summed E-state index contributed by atoms with van der Waals surface area (Å²) in [6, 6.07) is 7.48. The number of rotatable bonds is 5. The van der Waals surface area contributed by atoms with Crippen molar-refractivity contribution in [3.8, 4) is 0 Å². The molecule has 1 amide bonds. The molecule has 1 aromatic heterocycles. The Bertz CT molecular complexity index is 627. The van der Waals surface area contributed by atoms with Gasteiger partial charge in [-0.05, 0) is 38.0 Å². The van der Waals surface area contributed by atoms with Crippen LogP contribution in [0.1, 0.15) is 40.9 Å². The van der Waals surface area contributed by atoms with E-state index in [4.69, 9.17) is 17.3 Å². The molecule has 0 radical (unpaired) electrons. The van der Waals surface area contributed by atoms with E-state index in [1.54, 1.807) is 5.38 Å². The molecule has 0 bridgehead atoms. The molecule has 0 saturated heterocycles. The van der Waals surface area contributed by atoms with Gasteiger partial charge in [-0.1, -0.05) is 23.7 Å². The van der Waals surface area contributed by atoms with E-state index >= 15 is 0 Å². The van der Waals surface area contributed by atoms with Crippen LogP contribution in [0.5, 0.6) is 0 Å². The van der Waals surface area contributed by atoms with Crippen LogP contribution >= 0.6 is 22.9 Å². The third kappa shape index (κ3) is 4.52. The van der Waals surface area contributed by atoms with Gasteiger partial charge in [0.25, 0.3) is 5.91 Å². The van der Waals surface area contributed by atoms with Crippen molar-refractivity contribution >= 4 is 28.8 Å². The first-order valence-corrected chi connectivity index (χ1v) is 7.97. The number of carbonyl (C=O) groups excluding carboxylic acids is 1. The fourth-order valence-electron chi connectivity index (χ4n) is 1.97. The molecule has 1 aromatic carbocycles. The number of carbonyl (C=O) groups is 1. The third-order valence-corrected chi connectivity index (χ3v) is 4.23. The lowest BCUT2D eigenvalue weighted by Crippen LogP contribution is -2.34. The monoisotopic (exact) mass is 323 g/mol. The van der Waals surface area contributed by atoms with Crippen LogP contribution in [-0.2, 0) is 6.42 Å². The van der Waals surface area contributed by atoms with Gasteiger partial charge < -0.3 is 11.1 Å². The highest BCUT2D eigenvalue weighted by Crippen LogP contribution is 2.16. The summed E-state index contributed by atoms with van der Waals surface area (Å²) in [6.45, 7) is 3.81. The number of hydrogen-bond donors (Lipinski definition) is 2. The molecule has 0 saturated carbocycles. The van der Waals surface area contributed by atoms with E-state index < -0.39 is 0 Å². The highest BCUT2D eigenvalue weighted by Gasteiger charge is 2.15. The van der Waals surface area contributed by atoms with Gasteiger partial charge in [-0.25, -0.2) is 4.98 Å². The Balaban J connectivity index is 1.95. The summed E-state index contributed by atoms with van der Waals surface area (Å²) < 4.78 is 0. The minimum Gasteiger partial charge on any atom is -0.348 e. The maximum absolute atomic E-state index is 12.1. The number of aromatic nitrogens is 1. The summed E-state index contributed by atoms with van der Waals surface area (Å²) in [5.74, 6) is -0.173. The fourth-order valence-corrected chi connectivity index (χ4v) is 2.94. The van der Waals surface area contributed by atoms with Crippen LogP contribution in [0.3, 0.4) is 0 Å². The third-order valence-electron chi connectivity index (χ3n) is 2.95. The van der Waals surface area contributed by atoms with Gasteiger partial charge in [0.05, 0.1) is 6.04 Å². The molecule has 0 aliphatic rings. The first-order valence-electron chi connectivity index (χ1n) is 6.72. The van der Waals surface area contributed by atoms with E-state index in [0.717, 1.165) is 17.0 Å². The van der Waals surface area contributed by atoms with E-state index in [2.05, 4.69) is 10.3 Å². The predicted octanol–water partition coefficient (Wildman–Crippen LogP) is 3.18. The van der Waals surface area contributed by atoms with Gasteiger partial charge in [0.2, 0.25) is 0 Å². The van der Waals surface area contributed by atoms with Crippen molar-refractivity contribution in [2.45, 2.75) is 32.4 Å². The van der Waals surface area contributed by atoms with Crippen molar-refractivity contribution in [2.24, 2.45) is 5.73 Å². The molecule has 4 nitrogen and oxygen atoms in total. The van der Waals surface area contributed by atoms with Crippen LogP contribution in [-0.4, -0.2) is 16.9 Å². The molecule has 0 aliphatic heterocycles. The Morgan fingerprint density at radius 2 is 2.24 bits per heavy atom. The standard InChI is InChI=1S/C15H18ClN3OS/c1-9(6-11-4-3-5-12(16)7-11)18-14(20)13-8-21-15(19-13)10(2)17/h3-5,7-10H,6,17H2,1-2H3,(H,18,20). The topological polar surface area (TPSA) is 68.0 Å². The molecule has 21 heavy (non-hydrogen) atoms. The lowest BCUT2D eigenvalue weighted by molar-refractivity contribution is 0.0935. The van der Waals surface area contributed by atoms with Crippen molar-refractivity contribution in [1.82, 2.24) is 10.3 Å². The summed E-state index contributed by atoms with van der Waals surface area (Å²) in [4.78, 5) is 16.4. The number of hydrogen-bond acceptors (Lipinski definition) is 4. The van der Waals surface area contributed by atoms with Crippen molar-refractivity contribution < 1.29 is 4.79 Å². The molecule has 0 spiro atoms. The van der Waals surface area contributed by atoms with E-state index in [1.807, 2.05) is 38.1 Å². The molecule has 0 fully saturated rings. The van der Waals surface area contributed by atoms with Gasteiger partial charge in [-0.2, -0.15) is 0 Å². The minimum atomic E-state index is -0.173. The molecule has 2 unspecified atom stereocenters. The van der Waals surface area contributed by atoms with Crippen LogP contribution in [0.25, 0.3) is 0 Å². The molecule has 0 aliphatic carbocycles. The van der Waals surface area contributed by atoms with Gasteiger partial charge in [0.15, 0.2) is 0 Å². The Morgan fingerprint density at radius 3 is 2.86 bits per heavy atom. The van der Waals surface area contributed by atoms with Gasteiger partial charge in [-0.15, -0.1) is 11.3 Å². The molecular weight excluding hydrogens is 306 g/mol. The zero-order valence-corrected chi connectivity index (χ0v) is 13.5. The first kappa shape index (κ1) is 15.9. The Hall–Kier alpha value is -1.43. The second-order valence-electron chi connectivity index (χ2n) is 5.07. The lowest BCUT2D eigenvalue weighted by Gasteiger charge is -2.13. The highest BCUT2D eigenvalue weighted by atomic mass is 35.5. The zero-order chi connectivity index (χ0) is 15.4. The predicted molar refractivity (Wildman–Crippen MR) is 86.8 cm³/mol. The summed E-state index contributed by atoms with van der Waals surface area (Å²) in [5.41, 5.74) is 7.26. The SMILES string of the molecule is CC(Cc1cccc(Cl)c1)NC(=O)c1csc(C(C)N)n1. The summed E-state index contributed by atoms with van der Waals surface area (Å²) in [5, 5.41) is 6.14. The average Bonchev–Trinajstić information content (AvgIpc) is 2.88. The molecule has 3 N–H and O–H groups in total. The Morgan fingerprint density at radius 1 is 1.48 bits per heavy atom. The highest BCUT2D eigenvalue weighted by molar-refractivity contribution is 7.09. The lowest BCUT2D eigenvalue weighted by atomic mass is 10.1. The molecule has 6 heteroatoms. The molecule has 112 valence electrons. The van der Waals surface area contributed by atoms with Crippen LogP contribution < -0.4 is 11.1 Å². The normalized spacial score (nSPS) is 13.7. The number of thiazole rings is 1. The van der Waals surface area contributed by atoms with Gasteiger partial charge in [0.1, 0.15) is 10.7 Å². The summed E-state index contributed by atoms with van der Waals surface area (Å²) >= 11 is 7.36. The van der Waals surface area contributed by atoms with Crippen LogP contribution in [0.4, 0.5) is 0 Å². The van der Waals surface area contributed by atoms with Crippen molar-refractivity contribution in [3.63, 3.8) is 0 Å². The molecule has 1 heterocycles. The molecule has 2 rings (SSSR count). The summed E-state index contributed by atoms with van der Waals surface area (Å²) in [6.07, 6.45) is 0.719. The quantitative estimate of drug-likeness (QED) is 0.888. The summed E-state index contributed by atoms with van der Waals surface area (Å²) in [7, 11) is 0. The molecule has 2 atom stereocenters. The van der Waals surface area contributed by atoms with Gasteiger partial charge in [0, 0.05) is 16.4 Å². The maximum Gasteiger partial charge on any atom is 0.270 e. The van der Waals surface area contributed by atoms with E-state index in [0.29, 0.717) is 10.7 Å². The number of amides is 1. The average molecular weight is 324 g/mol. The van der Waals surface area contributed by atoms with Crippen molar-refractivity contribution in [2.75, 3.05) is 0 Å². The van der Waals surface area contributed by atoms with Crippen LogP contribution in [0.2, 0.25) is 5.02 Å². The largest absolute Gasteiger partial charge is 0.348 e. The van der Waals surface area contributed by atoms with Crippen LogP contribution in [0, 0.1) is 0 Å². The van der Waals surface area contributed by atoms with Crippen molar-refractivity contribution in [1.29, 1.82) is 0 Å². The van der Waals surface area contributed by atoms with E-state index in [-0.39, 0.29) is 18.0 Å². The number of nitrogens with two attached hydrogens (primary N) is 1. The number of benzene rings is 1. The fraction of sp³-hybridized carbons (Fsp3) is 0.333. The van der Waals surface area contributed by atoms with E-state index in [1.165, 1.54) is 11.3 Å². The molecule has 2 aromatic rings. The number of nitrogens with one attached hydrogen (secondary N) is 1. The Kier molecular flexibility index (Phi) is 5.33. The number of nitrogens with zero attached hydrogens (tertiary/aromatic N) is 1. The minimum absolute atomic E-state index is 0.00332. The Labute approximate surface area is 133 Å². The van der Waals surface area contributed by atoms with Crippen molar-refractivity contribution in [3.05, 3.63) is 50.9 Å². The van der Waals surface area contributed by atoms with Gasteiger partial charge >= 0.3 is 0 Å². The van der Waals surface area contributed by atoms with Crippen LogP contribution in [0.15, 0.2) is 29.6 Å². The first-order chi connectivity index (χ1) is 9.95. The smallest absolute Gasteiger partial charge is 0.270 e. The number of halogens is 1. The zero-order valence-electron chi connectivity index (χ0n) is 12.0.